The lowest BCUT2D eigenvalue weighted by atomic mass is 9.90. The minimum absolute atomic E-state index is 0.0826. The number of carbonyl (C=O) groups is 2. The molecule has 22 heavy (non-hydrogen) atoms. The van der Waals surface area contributed by atoms with Gasteiger partial charge in [-0.3, -0.25) is 14.5 Å². The highest BCUT2D eigenvalue weighted by Gasteiger charge is 2.35. The van der Waals surface area contributed by atoms with E-state index < -0.39 is 11.5 Å². The number of rotatable bonds is 6. The number of carbonyl (C=O) groups excluding carboxylic acids is 1. The molecule has 1 aromatic rings. The molecule has 1 saturated heterocycles. The van der Waals surface area contributed by atoms with Gasteiger partial charge in [0, 0.05) is 25.1 Å². The van der Waals surface area contributed by atoms with Crippen molar-refractivity contribution in [3.8, 4) is 0 Å². The Hall–Kier alpha value is -1.72. The molecule has 1 fully saturated rings. The number of aryl methyl sites for hydroxylation is 1. The summed E-state index contributed by atoms with van der Waals surface area (Å²) in [5, 5.41) is 8.70. The molecule has 1 aliphatic heterocycles. The van der Waals surface area contributed by atoms with Gasteiger partial charge in [0.2, 0.25) is 0 Å². The Kier molecular flexibility index (Phi) is 5.32. The number of carboxylic acid groups (broad SMARTS) is 1. The fraction of sp³-hybridized carbons (Fsp3) is 0.529. The van der Waals surface area contributed by atoms with E-state index in [0.717, 1.165) is 18.7 Å². The van der Waals surface area contributed by atoms with Gasteiger partial charge >= 0.3 is 5.97 Å². The molecule has 0 aromatic heterocycles. The molecule has 5 heteroatoms. The van der Waals surface area contributed by atoms with Crippen LogP contribution in [0.25, 0.3) is 0 Å². The number of ketones is 1. The molecule has 1 N–H and O–H groups in total. The molecule has 0 radical (unpaired) electrons. The highest BCUT2D eigenvalue weighted by Crippen LogP contribution is 2.22. The molecule has 5 nitrogen and oxygen atoms in total. The van der Waals surface area contributed by atoms with E-state index in [0.29, 0.717) is 25.2 Å². The summed E-state index contributed by atoms with van der Waals surface area (Å²) in [7, 11) is 0. The van der Waals surface area contributed by atoms with Crippen molar-refractivity contribution >= 4 is 11.8 Å². The van der Waals surface area contributed by atoms with E-state index >= 15 is 0 Å². The number of Topliss-reactive ketones (excluding diaryl/α,β-unsaturated/α-hetero) is 1. The quantitative estimate of drug-likeness (QED) is 0.814. The van der Waals surface area contributed by atoms with Crippen molar-refractivity contribution in [2.75, 3.05) is 26.3 Å². The van der Waals surface area contributed by atoms with Gasteiger partial charge < -0.3 is 9.84 Å². The van der Waals surface area contributed by atoms with E-state index in [-0.39, 0.29) is 12.2 Å². The number of carboxylic acids is 1. The van der Waals surface area contributed by atoms with Gasteiger partial charge in [-0.1, -0.05) is 24.3 Å². The maximum atomic E-state index is 12.8. The van der Waals surface area contributed by atoms with E-state index in [9.17, 15) is 9.59 Å². The Labute approximate surface area is 130 Å². The standard InChI is InChI=1S/C17H23NO4/c1-17(2,18-9-11-22-12-10-18)16(21)14-6-3-13(4-7-14)5-8-15(19)20/h3-4,6-7H,5,8-12H2,1-2H3,(H,19,20). The van der Waals surface area contributed by atoms with Crippen molar-refractivity contribution in [2.45, 2.75) is 32.2 Å². The number of nitrogens with zero attached hydrogens (tertiary/aromatic N) is 1. The Bertz CT molecular complexity index is 530. The van der Waals surface area contributed by atoms with Crippen LogP contribution < -0.4 is 0 Å². The van der Waals surface area contributed by atoms with Crippen LogP contribution in [-0.2, 0) is 16.0 Å². The van der Waals surface area contributed by atoms with Crippen LogP contribution in [0.3, 0.4) is 0 Å². The van der Waals surface area contributed by atoms with Crippen LogP contribution in [0.1, 0.15) is 36.2 Å². The Morgan fingerprint density at radius 3 is 2.32 bits per heavy atom. The zero-order valence-electron chi connectivity index (χ0n) is 13.2. The molecule has 0 bridgehead atoms. The lowest BCUT2D eigenvalue weighted by Gasteiger charge is -2.39. The van der Waals surface area contributed by atoms with Crippen LogP contribution in [0, 0.1) is 0 Å². The summed E-state index contributed by atoms with van der Waals surface area (Å²) in [6.07, 6.45) is 0.587. The topological polar surface area (TPSA) is 66.8 Å². The first kappa shape index (κ1) is 16.6. The summed E-state index contributed by atoms with van der Waals surface area (Å²) in [6.45, 7) is 6.72. The first-order chi connectivity index (χ1) is 10.4. The molecule has 0 saturated carbocycles. The number of hydrogen-bond acceptors (Lipinski definition) is 4. The van der Waals surface area contributed by atoms with Gasteiger partial charge in [0.05, 0.1) is 18.8 Å². The summed E-state index contributed by atoms with van der Waals surface area (Å²) in [6, 6.07) is 7.26. The van der Waals surface area contributed by atoms with Crippen molar-refractivity contribution in [1.82, 2.24) is 4.90 Å². The molecular formula is C17H23NO4. The largest absolute Gasteiger partial charge is 0.481 e. The van der Waals surface area contributed by atoms with E-state index in [1.165, 1.54) is 0 Å². The van der Waals surface area contributed by atoms with Crippen molar-refractivity contribution in [2.24, 2.45) is 0 Å². The van der Waals surface area contributed by atoms with Crippen LogP contribution in [0.4, 0.5) is 0 Å². The average molecular weight is 305 g/mol. The Balaban J connectivity index is 2.06. The van der Waals surface area contributed by atoms with Crippen molar-refractivity contribution in [3.63, 3.8) is 0 Å². The summed E-state index contributed by atoms with van der Waals surface area (Å²) in [4.78, 5) is 25.5. The SMILES string of the molecule is CC(C)(C(=O)c1ccc(CCC(=O)O)cc1)N1CCOCC1. The third-order valence-electron chi connectivity index (χ3n) is 4.20. The molecule has 0 aliphatic carbocycles. The molecule has 1 aliphatic rings. The lowest BCUT2D eigenvalue weighted by molar-refractivity contribution is -0.136. The third kappa shape index (κ3) is 3.93. The molecule has 0 spiro atoms. The monoisotopic (exact) mass is 305 g/mol. The second-order valence-electron chi connectivity index (χ2n) is 6.08. The first-order valence-corrected chi connectivity index (χ1v) is 7.59. The normalized spacial score (nSPS) is 16.5. The maximum Gasteiger partial charge on any atom is 0.303 e. The summed E-state index contributed by atoms with van der Waals surface area (Å²) in [5.74, 6) is -0.729. The Morgan fingerprint density at radius 2 is 1.77 bits per heavy atom. The van der Waals surface area contributed by atoms with E-state index in [1.54, 1.807) is 12.1 Å². The van der Waals surface area contributed by atoms with Crippen molar-refractivity contribution in [1.29, 1.82) is 0 Å². The molecule has 2 rings (SSSR count). The van der Waals surface area contributed by atoms with Crippen molar-refractivity contribution in [3.05, 3.63) is 35.4 Å². The minimum atomic E-state index is -0.811. The molecule has 1 aromatic carbocycles. The number of hydrogen-bond donors (Lipinski definition) is 1. The lowest BCUT2D eigenvalue weighted by Crippen LogP contribution is -2.54. The molecule has 120 valence electrons. The zero-order chi connectivity index (χ0) is 16.2. The number of ether oxygens (including phenoxy) is 1. The van der Waals surface area contributed by atoms with Gasteiger partial charge in [-0.2, -0.15) is 0 Å². The van der Waals surface area contributed by atoms with Crippen molar-refractivity contribution < 1.29 is 19.4 Å². The molecule has 0 atom stereocenters. The maximum absolute atomic E-state index is 12.8. The van der Waals surface area contributed by atoms with Gasteiger partial charge in [0.25, 0.3) is 0 Å². The van der Waals surface area contributed by atoms with Gasteiger partial charge in [-0.25, -0.2) is 0 Å². The second kappa shape index (κ2) is 7.03. The van der Waals surface area contributed by atoms with Gasteiger partial charge in [0.1, 0.15) is 0 Å². The summed E-state index contributed by atoms with van der Waals surface area (Å²) in [5.41, 5.74) is 1.03. The van der Waals surface area contributed by atoms with Crippen LogP contribution in [-0.4, -0.2) is 53.6 Å². The van der Waals surface area contributed by atoms with E-state index in [1.807, 2.05) is 26.0 Å². The van der Waals surface area contributed by atoms with Crippen LogP contribution in [0.15, 0.2) is 24.3 Å². The number of morpholine rings is 1. The van der Waals surface area contributed by atoms with Gasteiger partial charge in [0.15, 0.2) is 5.78 Å². The Morgan fingerprint density at radius 1 is 1.18 bits per heavy atom. The molecule has 0 unspecified atom stereocenters. The fourth-order valence-corrected chi connectivity index (χ4v) is 2.69. The van der Waals surface area contributed by atoms with Crippen LogP contribution >= 0.6 is 0 Å². The molecule has 1 heterocycles. The van der Waals surface area contributed by atoms with E-state index in [2.05, 4.69) is 4.90 Å². The number of aliphatic carboxylic acids is 1. The van der Waals surface area contributed by atoms with Crippen LogP contribution in [0.2, 0.25) is 0 Å². The van der Waals surface area contributed by atoms with E-state index in [4.69, 9.17) is 9.84 Å². The van der Waals surface area contributed by atoms with Crippen LogP contribution in [0.5, 0.6) is 0 Å². The zero-order valence-corrected chi connectivity index (χ0v) is 13.2. The average Bonchev–Trinajstić information content (AvgIpc) is 2.53. The third-order valence-corrected chi connectivity index (χ3v) is 4.20. The highest BCUT2D eigenvalue weighted by molar-refractivity contribution is 6.02. The predicted molar refractivity (Wildman–Crippen MR) is 83.2 cm³/mol. The predicted octanol–water partition coefficient (Wildman–Crippen LogP) is 2.00. The highest BCUT2D eigenvalue weighted by atomic mass is 16.5. The fourth-order valence-electron chi connectivity index (χ4n) is 2.69. The first-order valence-electron chi connectivity index (χ1n) is 7.59. The minimum Gasteiger partial charge on any atom is -0.481 e. The molecule has 0 amide bonds. The summed E-state index contributed by atoms with van der Waals surface area (Å²) < 4.78 is 5.34. The smallest absolute Gasteiger partial charge is 0.303 e. The number of benzene rings is 1. The second-order valence-corrected chi connectivity index (χ2v) is 6.08. The van der Waals surface area contributed by atoms with Gasteiger partial charge in [-0.05, 0) is 25.8 Å². The molecular weight excluding hydrogens is 282 g/mol. The van der Waals surface area contributed by atoms with Gasteiger partial charge in [-0.15, -0.1) is 0 Å². The summed E-state index contributed by atoms with van der Waals surface area (Å²) >= 11 is 0.